The van der Waals surface area contributed by atoms with Gasteiger partial charge in [0.25, 0.3) is 0 Å². The number of carbonyl (C=O) groups excluding carboxylic acids is 2. The normalized spacial score (nSPS) is 28.4. The van der Waals surface area contributed by atoms with E-state index in [2.05, 4.69) is 0 Å². The molecule has 30 heavy (non-hydrogen) atoms. The summed E-state index contributed by atoms with van der Waals surface area (Å²) in [7, 11) is 0. The van der Waals surface area contributed by atoms with Crippen molar-refractivity contribution < 1.29 is 9.59 Å². The molecular weight excluding hydrogens is 417 g/mol. The first-order valence-electron chi connectivity index (χ1n) is 9.96. The summed E-state index contributed by atoms with van der Waals surface area (Å²) in [6.45, 7) is 1.89. The van der Waals surface area contributed by atoms with Crippen LogP contribution in [0.1, 0.15) is 33.7 Å². The third-order valence-corrected chi connectivity index (χ3v) is 7.98. The zero-order valence-electron chi connectivity index (χ0n) is 16.1. The van der Waals surface area contributed by atoms with Crippen LogP contribution in [0.2, 0.25) is 5.02 Å². The number of carbonyl (C=O) groups is 2. The van der Waals surface area contributed by atoms with Crippen molar-refractivity contribution in [2.75, 3.05) is 4.90 Å². The molecule has 1 aliphatic heterocycles. The maximum atomic E-state index is 13.7. The quantitative estimate of drug-likeness (QED) is 0.380. The van der Waals surface area contributed by atoms with E-state index in [0.29, 0.717) is 10.7 Å². The maximum absolute atomic E-state index is 13.7. The molecule has 0 spiro atoms. The monoisotopic (exact) mass is 433 g/mol. The van der Waals surface area contributed by atoms with Gasteiger partial charge < -0.3 is 0 Å². The predicted molar refractivity (Wildman–Crippen MR) is 117 cm³/mol. The van der Waals surface area contributed by atoms with Crippen molar-refractivity contribution in [3.05, 3.63) is 99.6 Å². The molecule has 1 fully saturated rings. The number of aryl methyl sites for hydroxylation is 1. The number of alkyl halides is 1. The molecule has 0 unspecified atom stereocenters. The largest absolute Gasteiger partial charge is 0.274 e. The van der Waals surface area contributed by atoms with Gasteiger partial charge in [0, 0.05) is 10.9 Å². The first-order chi connectivity index (χ1) is 14.4. The smallest absolute Gasteiger partial charge is 0.240 e. The molecule has 0 radical (unpaired) electrons. The Kier molecular flexibility index (Phi) is 3.61. The van der Waals surface area contributed by atoms with Gasteiger partial charge in [-0.3, -0.25) is 9.59 Å². The second-order valence-electron chi connectivity index (χ2n) is 8.31. The molecule has 3 aliphatic carbocycles. The minimum atomic E-state index is -1.07. The van der Waals surface area contributed by atoms with Gasteiger partial charge in [-0.25, -0.2) is 4.90 Å². The molecule has 2 amide bonds. The molecule has 7 rings (SSSR count). The number of nitrogens with zero attached hydrogens (tertiary/aromatic N) is 1. The van der Waals surface area contributed by atoms with Gasteiger partial charge in [-0.2, -0.15) is 0 Å². The summed E-state index contributed by atoms with van der Waals surface area (Å²) in [6.07, 6.45) is 0. The van der Waals surface area contributed by atoms with E-state index in [-0.39, 0.29) is 17.7 Å². The van der Waals surface area contributed by atoms with E-state index < -0.39 is 16.7 Å². The van der Waals surface area contributed by atoms with E-state index in [4.69, 9.17) is 23.2 Å². The molecule has 0 saturated carbocycles. The van der Waals surface area contributed by atoms with Gasteiger partial charge >= 0.3 is 0 Å². The molecule has 3 nitrogen and oxygen atoms in total. The minimum absolute atomic E-state index is 0.189. The van der Waals surface area contributed by atoms with Crippen molar-refractivity contribution in [2.45, 2.75) is 17.7 Å². The molecule has 1 saturated heterocycles. The third kappa shape index (κ3) is 2.02. The van der Waals surface area contributed by atoms with Crippen molar-refractivity contribution in [3.8, 4) is 0 Å². The van der Waals surface area contributed by atoms with E-state index in [0.717, 1.165) is 27.8 Å². The van der Waals surface area contributed by atoms with Crippen molar-refractivity contribution in [2.24, 2.45) is 11.8 Å². The van der Waals surface area contributed by atoms with E-state index in [1.54, 1.807) is 12.1 Å². The highest BCUT2D eigenvalue weighted by atomic mass is 35.5. The Morgan fingerprint density at radius 2 is 1.47 bits per heavy atom. The van der Waals surface area contributed by atoms with Crippen LogP contribution >= 0.6 is 23.2 Å². The number of imide groups is 1. The van der Waals surface area contributed by atoms with Gasteiger partial charge in [0.05, 0.1) is 17.5 Å². The molecular formula is C25H17Cl2NO2. The highest BCUT2D eigenvalue weighted by Gasteiger charge is 2.67. The average molecular weight is 434 g/mol. The van der Waals surface area contributed by atoms with Crippen LogP contribution in [0.15, 0.2) is 66.7 Å². The molecule has 1 heterocycles. The number of benzene rings is 3. The van der Waals surface area contributed by atoms with Gasteiger partial charge in [-0.1, -0.05) is 66.2 Å². The van der Waals surface area contributed by atoms with Gasteiger partial charge in [-0.15, -0.1) is 11.6 Å². The minimum Gasteiger partial charge on any atom is -0.274 e. The fourth-order valence-corrected chi connectivity index (χ4v) is 6.40. The number of hydrogen-bond donors (Lipinski definition) is 0. The number of amides is 2. The van der Waals surface area contributed by atoms with Crippen LogP contribution < -0.4 is 4.90 Å². The van der Waals surface area contributed by atoms with Gasteiger partial charge in [-0.05, 0) is 46.9 Å². The zero-order valence-corrected chi connectivity index (χ0v) is 17.6. The van der Waals surface area contributed by atoms with Crippen molar-refractivity contribution in [1.82, 2.24) is 0 Å². The first-order valence-corrected chi connectivity index (χ1v) is 10.7. The van der Waals surface area contributed by atoms with Crippen LogP contribution in [0.5, 0.6) is 0 Å². The summed E-state index contributed by atoms with van der Waals surface area (Å²) in [4.78, 5) is 27.7. The Labute approximate surface area is 184 Å². The van der Waals surface area contributed by atoms with Crippen LogP contribution in [0.4, 0.5) is 5.69 Å². The Morgan fingerprint density at radius 1 is 0.867 bits per heavy atom. The lowest BCUT2D eigenvalue weighted by molar-refractivity contribution is -0.122. The Balaban J connectivity index is 1.60. The van der Waals surface area contributed by atoms with Gasteiger partial charge in [0.15, 0.2) is 0 Å². The van der Waals surface area contributed by atoms with Crippen LogP contribution in [0, 0.1) is 18.8 Å². The third-order valence-electron chi connectivity index (χ3n) is 6.93. The maximum Gasteiger partial charge on any atom is 0.240 e. The number of anilines is 1. The second-order valence-corrected chi connectivity index (χ2v) is 9.32. The summed E-state index contributed by atoms with van der Waals surface area (Å²) in [6, 6.07) is 21.2. The van der Waals surface area contributed by atoms with E-state index in [1.807, 2.05) is 61.5 Å². The molecule has 2 bridgehead atoms. The van der Waals surface area contributed by atoms with Crippen LogP contribution in [0.3, 0.4) is 0 Å². The number of rotatable bonds is 1. The molecule has 4 aliphatic rings. The predicted octanol–water partition coefficient (Wildman–Crippen LogP) is 5.40. The molecule has 3 aromatic rings. The lowest BCUT2D eigenvalue weighted by Gasteiger charge is -2.50. The van der Waals surface area contributed by atoms with E-state index in [9.17, 15) is 9.59 Å². The van der Waals surface area contributed by atoms with E-state index in [1.165, 1.54) is 4.90 Å². The Morgan fingerprint density at radius 3 is 2.07 bits per heavy atom. The summed E-state index contributed by atoms with van der Waals surface area (Å²) < 4.78 is 0. The Bertz CT molecular complexity index is 1220. The summed E-state index contributed by atoms with van der Waals surface area (Å²) in [5.41, 5.74) is 5.34. The standard InChI is InChI=1S/C25H17Cl2NO2/c1-13-10-11-14(12-19(13)26)28-23(29)21-20-15-6-2-4-8-17(15)25(27,22(21)24(28)30)18-9-5-3-7-16(18)20/h2-12,20-22H,1H3/t20?,21-,22-,25?/m1/s1. The lowest BCUT2D eigenvalue weighted by atomic mass is 9.54. The van der Waals surface area contributed by atoms with Gasteiger partial charge in [0.1, 0.15) is 4.87 Å². The van der Waals surface area contributed by atoms with Crippen molar-refractivity contribution >= 4 is 40.7 Å². The first kappa shape index (κ1) is 18.2. The molecule has 2 atom stereocenters. The molecule has 0 aromatic heterocycles. The molecule has 3 aromatic carbocycles. The zero-order chi connectivity index (χ0) is 20.8. The number of halogens is 2. The molecule has 5 heteroatoms. The second kappa shape index (κ2) is 5.96. The SMILES string of the molecule is Cc1ccc(N2C(=O)[C@@H]3C4c5ccccc5C(Cl)(c5ccccc54)[C@H]3C2=O)cc1Cl. The molecule has 0 N–H and O–H groups in total. The average Bonchev–Trinajstić information content (AvgIpc) is 3.02. The lowest BCUT2D eigenvalue weighted by Crippen LogP contribution is -2.50. The highest BCUT2D eigenvalue weighted by molar-refractivity contribution is 6.34. The van der Waals surface area contributed by atoms with Crippen molar-refractivity contribution in [3.63, 3.8) is 0 Å². The van der Waals surface area contributed by atoms with Crippen molar-refractivity contribution in [1.29, 1.82) is 0 Å². The fourth-order valence-electron chi connectivity index (χ4n) is 5.65. The summed E-state index contributed by atoms with van der Waals surface area (Å²) >= 11 is 13.7. The fraction of sp³-hybridized carbons (Fsp3) is 0.200. The van der Waals surface area contributed by atoms with Crippen LogP contribution in [0.25, 0.3) is 0 Å². The summed E-state index contributed by atoms with van der Waals surface area (Å²) in [5.74, 6) is -1.83. The Hall–Kier alpha value is -2.62. The van der Waals surface area contributed by atoms with Gasteiger partial charge in [0.2, 0.25) is 11.8 Å². The number of hydrogen-bond acceptors (Lipinski definition) is 2. The topological polar surface area (TPSA) is 37.4 Å². The summed E-state index contributed by atoms with van der Waals surface area (Å²) in [5, 5.41) is 0.526. The highest BCUT2D eigenvalue weighted by Crippen LogP contribution is 2.65. The molecule has 148 valence electrons. The van der Waals surface area contributed by atoms with Crippen LogP contribution in [-0.2, 0) is 14.5 Å². The van der Waals surface area contributed by atoms with E-state index >= 15 is 0 Å². The van der Waals surface area contributed by atoms with Crippen LogP contribution in [-0.4, -0.2) is 11.8 Å².